The Labute approximate surface area is 186 Å². The average molecular weight is 425 g/mol. The van der Waals surface area contributed by atoms with Gasteiger partial charge in [0.25, 0.3) is 0 Å². The number of para-hydroxylation sites is 1. The van der Waals surface area contributed by atoms with E-state index in [1.165, 1.54) is 16.7 Å². The Morgan fingerprint density at radius 3 is 2.48 bits per heavy atom. The molecule has 31 heavy (non-hydrogen) atoms. The molecule has 0 aliphatic carbocycles. The molecule has 168 valence electrons. The Morgan fingerprint density at radius 1 is 1.03 bits per heavy atom. The number of nitrogens with zero attached hydrogens (tertiary/aromatic N) is 2. The highest BCUT2D eigenvalue weighted by molar-refractivity contribution is 5.79. The van der Waals surface area contributed by atoms with E-state index in [9.17, 15) is 0 Å². The zero-order chi connectivity index (χ0) is 21.9. The summed E-state index contributed by atoms with van der Waals surface area (Å²) >= 11 is 0. The molecule has 2 N–H and O–H groups in total. The van der Waals surface area contributed by atoms with Crippen LogP contribution in [0.15, 0.2) is 53.5 Å². The van der Waals surface area contributed by atoms with Crippen molar-refractivity contribution in [2.45, 2.75) is 32.9 Å². The fourth-order valence-corrected chi connectivity index (χ4v) is 3.70. The van der Waals surface area contributed by atoms with Crippen LogP contribution in [-0.4, -0.2) is 57.4 Å². The standard InChI is InChI=1S/C25H36N4O2/c1-20(2)23-10-6-7-11-24(23)31-15-12-27-25(26-3)28-18-21-8-4-5-9-22(21)19-29-13-16-30-17-14-29/h4-11,20H,12-19H2,1-3H3,(H2,26,27,28). The molecule has 0 bridgehead atoms. The fraction of sp³-hybridized carbons (Fsp3) is 0.480. The monoisotopic (exact) mass is 424 g/mol. The van der Waals surface area contributed by atoms with Gasteiger partial charge in [-0.3, -0.25) is 9.89 Å². The van der Waals surface area contributed by atoms with E-state index in [1.807, 2.05) is 12.1 Å². The van der Waals surface area contributed by atoms with Crippen LogP contribution in [0.5, 0.6) is 5.75 Å². The summed E-state index contributed by atoms with van der Waals surface area (Å²) in [6.07, 6.45) is 0. The molecule has 0 unspecified atom stereocenters. The first-order chi connectivity index (χ1) is 15.2. The molecule has 0 amide bonds. The minimum atomic E-state index is 0.441. The number of ether oxygens (including phenoxy) is 2. The van der Waals surface area contributed by atoms with Gasteiger partial charge in [0.05, 0.1) is 19.8 Å². The maximum absolute atomic E-state index is 6.00. The lowest BCUT2D eigenvalue weighted by atomic mass is 10.0. The van der Waals surface area contributed by atoms with E-state index in [2.05, 4.69) is 70.8 Å². The molecule has 1 aliphatic rings. The SMILES string of the molecule is CN=C(NCCOc1ccccc1C(C)C)NCc1ccccc1CN1CCOCC1. The number of hydrogen-bond donors (Lipinski definition) is 2. The van der Waals surface area contributed by atoms with Gasteiger partial charge in [-0.15, -0.1) is 0 Å². The van der Waals surface area contributed by atoms with Gasteiger partial charge in [0, 0.05) is 33.2 Å². The van der Waals surface area contributed by atoms with Crippen LogP contribution in [0.3, 0.4) is 0 Å². The van der Waals surface area contributed by atoms with E-state index in [4.69, 9.17) is 9.47 Å². The van der Waals surface area contributed by atoms with Crippen molar-refractivity contribution in [3.63, 3.8) is 0 Å². The normalized spacial score (nSPS) is 15.2. The number of aliphatic imine (C=N–C) groups is 1. The second-order valence-electron chi connectivity index (χ2n) is 8.05. The molecule has 6 heteroatoms. The van der Waals surface area contributed by atoms with Gasteiger partial charge in [0.2, 0.25) is 0 Å². The zero-order valence-electron chi connectivity index (χ0n) is 19.1. The smallest absolute Gasteiger partial charge is 0.191 e. The summed E-state index contributed by atoms with van der Waals surface area (Å²) in [6, 6.07) is 16.8. The third-order valence-electron chi connectivity index (χ3n) is 5.48. The molecule has 0 saturated carbocycles. The minimum Gasteiger partial charge on any atom is -0.491 e. The van der Waals surface area contributed by atoms with Crippen molar-refractivity contribution < 1.29 is 9.47 Å². The van der Waals surface area contributed by atoms with Crippen LogP contribution in [0.4, 0.5) is 0 Å². The molecule has 2 aromatic rings. The molecule has 0 atom stereocenters. The van der Waals surface area contributed by atoms with Gasteiger partial charge in [-0.2, -0.15) is 0 Å². The third kappa shape index (κ3) is 7.26. The molecule has 3 rings (SSSR count). The number of benzene rings is 2. The van der Waals surface area contributed by atoms with E-state index in [-0.39, 0.29) is 0 Å². The number of hydrogen-bond acceptors (Lipinski definition) is 4. The van der Waals surface area contributed by atoms with Crippen LogP contribution in [0.1, 0.15) is 36.5 Å². The molecule has 1 fully saturated rings. The van der Waals surface area contributed by atoms with Gasteiger partial charge in [-0.25, -0.2) is 0 Å². The van der Waals surface area contributed by atoms with Crippen molar-refractivity contribution in [2.24, 2.45) is 4.99 Å². The van der Waals surface area contributed by atoms with Crippen LogP contribution in [0.2, 0.25) is 0 Å². The van der Waals surface area contributed by atoms with Gasteiger partial charge >= 0.3 is 0 Å². The lowest BCUT2D eigenvalue weighted by Crippen LogP contribution is -2.39. The minimum absolute atomic E-state index is 0.441. The third-order valence-corrected chi connectivity index (χ3v) is 5.48. The Morgan fingerprint density at radius 2 is 1.74 bits per heavy atom. The Hall–Kier alpha value is -2.57. The van der Waals surface area contributed by atoms with E-state index >= 15 is 0 Å². The topological polar surface area (TPSA) is 58.1 Å². The molecule has 1 saturated heterocycles. The van der Waals surface area contributed by atoms with E-state index in [0.29, 0.717) is 19.1 Å². The van der Waals surface area contributed by atoms with Crippen molar-refractivity contribution in [3.8, 4) is 5.75 Å². The summed E-state index contributed by atoms with van der Waals surface area (Å²) in [5.41, 5.74) is 3.88. The van der Waals surface area contributed by atoms with Gasteiger partial charge in [-0.05, 0) is 28.7 Å². The number of guanidine groups is 1. The van der Waals surface area contributed by atoms with Crippen molar-refractivity contribution in [2.75, 3.05) is 46.5 Å². The number of nitrogens with one attached hydrogen (secondary N) is 2. The Balaban J connectivity index is 1.46. The second-order valence-corrected chi connectivity index (χ2v) is 8.05. The van der Waals surface area contributed by atoms with E-state index < -0.39 is 0 Å². The average Bonchev–Trinajstić information content (AvgIpc) is 2.80. The Kier molecular flexibility index (Phi) is 9.18. The molecule has 0 radical (unpaired) electrons. The van der Waals surface area contributed by atoms with Crippen molar-refractivity contribution in [1.29, 1.82) is 0 Å². The van der Waals surface area contributed by atoms with Crippen LogP contribution in [-0.2, 0) is 17.8 Å². The van der Waals surface area contributed by atoms with Crippen molar-refractivity contribution >= 4 is 5.96 Å². The van der Waals surface area contributed by atoms with Crippen molar-refractivity contribution in [3.05, 3.63) is 65.2 Å². The highest BCUT2D eigenvalue weighted by Crippen LogP contribution is 2.25. The van der Waals surface area contributed by atoms with Crippen LogP contribution in [0, 0.1) is 0 Å². The van der Waals surface area contributed by atoms with Gasteiger partial charge in [0.15, 0.2) is 5.96 Å². The second kappa shape index (κ2) is 12.3. The van der Waals surface area contributed by atoms with Crippen LogP contribution < -0.4 is 15.4 Å². The molecule has 2 aromatic carbocycles. The number of morpholine rings is 1. The predicted molar refractivity (Wildman–Crippen MR) is 127 cm³/mol. The first-order valence-electron chi connectivity index (χ1n) is 11.2. The summed E-state index contributed by atoms with van der Waals surface area (Å²) in [4.78, 5) is 6.80. The van der Waals surface area contributed by atoms with Gasteiger partial charge in [-0.1, -0.05) is 56.3 Å². The van der Waals surface area contributed by atoms with Gasteiger partial charge in [0.1, 0.15) is 12.4 Å². The zero-order valence-corrected chi connectivity index (χ0v) is 19.1. The molecular weight excluding hydrogens is 388 g/mol. The molecule has 6 nitrogen and oxygen atoms in total. The molecule has 1 aliphatic heterocycles. The first-order valence-corrected chi connectivity index (χ1v) is 11.2. The number of rotatable bonds is 9. The van der Waals surface area contributed by atoms with Crippen LogP contribution in [0.25, 0.3) is 0 Å². The Bertz CT molecular complexity index is 832. The lowest BCUT2D eigenvalue weighted by Gasteiger charge is -2.27. The molecular formula is C25H36N4O2. The maximum Gasteiger partial charge on any atom is 0.191 e. The quantitative estimate of drug-likeness (QED) is 0.367. The van der Waals surface area contributed by atoms with Gasteiger partial charge < -0.3 is 20.1 Å². The predicted octanol–water partition coefficient (Wildman–Crippen LogP) is 3.39. The fourth-order valence-electron chi connectivity index (χ4n) is 3.70. The lowest BCUT2D eigenvalue weighted by molar-refractivity contribution is 0.0341. The molecule has 0 spiro atoms. The first kappa shape index (κ1) is 23.1. The molecule has 1 heterocycles. The summed E-state index contributed by atoms with van der Waals surface area (Å²) in [5.74, 6) is 2.18. The summed E-state index contributed by atoms with van der Waals surface area (Å²) < 4.78 is 11.5. The summed E-state index contributed by atoms with van der Waals surface area (Å²) in [6.45, 7) is 10.9. The van der Waals surface area contributed by atoms with Crippen LogP contribution >= 0.6 is 0 Å². The van der Waals surface area contributed by atoms with Crippen molar-refractivity contribution in [1.82, 2.24) is 15.5 Å². The summed E-state index contributed by atoms with van der Waals surface area (Å²) in [7, 11) is 1.80. The highest BCUT2D eigenvalue weighted by Gasteiger charge is 2.13. The highest BCUT2D eigenvalue weighted by atomic mass is 16.5. The van der Waals surface area contributed by atoms with E-state index in [0.717, 1.165) is 51.1 Å². The molecule has 0 aromatic heterocycles. The van der Waals surface area contributed by atoms with E-state index in [1.54, 1.807) is 7.05 Å². The summed E-state index contributed by atoms with van der Waals surface area (Å²) in [5, 5.41) is 6.78. The largest absolute Gasteiger partial charge is 0.491 e. The maximum atomic E-state index is 6.00.